The fourth-order valence-corrected chi connectivity index (χ4v) is 6.56. The van der Waals surface area contributed by atoms with Crippen molar-refractivity contribution in [3.8, 4) is 0 Å². The highest BCUT2D eigenvalue weighted by molar-refractivity contribution is 8.00. The standard InChI is InChI=1S/C17H26N2O9S.C16H24N2O10S/c1-9(20)12(18)4-3-11(21)5-10(16(26)19-7-15(24)25)8-29-13(6-14(22)23)17(27)28-2;1-28-13(22)5-11(16(26)27)29-7-8(14(23)18-6-12(20)21)4-9(19)2-3-10(17)15(24)25/h10,12-13H,3-8,18H2,1-2H3,(H,19,26)(H,22,23)(H,24,25);8,10-11H,2-7,17H2,1H3,(H,18,23)(H,20,21)(H,24,25)(H,26,27)/t10-,12-,13?;8-,10-,11?/m00/s1. The van der Waals surface area contributed by atoms with Crippen molar-refractivity contribution in [2.75, 3.05) is 38.8 Å². The first kappa shape index (κ1) is 55.0. The quantitative estimate of drug-likeness (QED) is 0.0349. The average Bonchev–Trinajstić information content (AvgIpc) is 3.15. The van der Waals surface area contributed by atoms with Crippen molar-refractivity contribution in [1.29, 1.82) is 0 Å². The predicted molar refractivity (Wildman–Crippen MR) is 201 cm³/mol. The van der Waals surface area contributed by atoms with Gasteiger partial charge in [0.15, 0.2) is 0 Å². The number of ether oxygens (including phenoxy) is 2. The van der Waals surface area contributed by atoms with Crippen molar-refractivity contribution in [3.05, 3.63) is 0 Å². The molecule has 0 saturated heterocycles. The Morgan fingerprint density at radius 1 is 0.569 bits per heavy atom. The molecular weight excluding hydrogens is 821 g/mol. The fraction of sp³-hybridized carbons (Fsp3) is 0.636. The molecule has 2 unspecified atom stereocenters. The van der Waals surface area contributed by atoms with E-state index < -0.39 is 120 Å². The van der Waals surface area contributed by atoms with Crippen molar-refractivity contribution in [1.82, 2.24) is 10.6 Å². The number of hydrogen-bond donors (Lipinski definition) is 9. The van der Waals surface area contributed by atoms with Gasteiger partial charge in [-0.05, 0) is 19.8 Å². The molecule has 25 heteroatoms. The number of nitrogens with one attached hydrogen (secondary N) is 2. The monoisotopic (exact) mass is 870 g/mol. The van der Waals surface area contributed by atoms with E-state index in [0.29, 0.717) is 0 Å². The lowest BCUT2D eigenvalue weighted by atomic mass is 9.98. The van der Waals surface area contributed by atoms with Crippen LogP contribution in [0.3, 0.4) is 0 Å². The first-order valence-corrected chi connectivity index (χ1v) is 19.1. The van der Waals surface area contributed by atoms with E-state index in [1.165, 1.54) is 6.92 Å². The molecule has 0 rings (SSSR count). The number of nitrogens with two attached hydrogens (primary N) is 2. The minimum absolute atomic E-state index is 0.0519. The highest BCUT2D eigenvalue weighted by Gasteiger charge is 2.30. The molecule has 0 bridgehead atoms. The summed E-state index contributed by atoms with van der Waals surface area (Å²) < 4.78 is 8.95. The molecule has 11 N–H and O–H groups in total. The van der Waals surface area contributed by atoms with Crippen LogP contribution in [0, 0.1) is 11.8 Å². The molecule has 0 spiro atoms. The number of Topliss-reactive ketones (excluding diaryl/α,β-unsaturated/α-hetero) is 3. The molecule has 0 saturated carbocycles. The highest BCUT2D eigenvalue weighted by Crippen LogP contribution is 2.24. The number of thioether (sulfide) groups is 2. The third kappa shape index (κ3) is 26.7. The maximum atomic E-state index is 12.3. The van der Waals surface area contributed by atoms with E-state index in [9.17, 15) is 62.6 Å². The number of carboxylic acid groups (broad SMARTS) is 5. The second-order valence-corrected chi connectivity index (χ2v) is 14.7. The molecule has 0 heterocycles. The van der Waals surface area contributed by atoms with Crippen molar-refractivity contribution in [3.63, 3.8) is 0 Å². The molecule has 0 aromatic heterocycles. The lowest BCUT2D eigenvalue weighted by Crippen LogP contribution is -2.37. The molecule has 23 nitrogen and oxygen atoms in total. The van der Waals surface area contributed by atoms with Crippen LogP contribution in [0.5, 0.6) is 0 Å². The molecule has 0 radical (unpaired) electrons. The lowest BCUT2D eigenvalue weighted by Gasteiger charge is -2.18. The summed E-state index contributed by atoms with van der Waals surface area (Å²) in [6, 6.07) is -2.05. The highest BCUT2D eigenvalue weighted by atomic mass is 32.2. The van der Waals surface area contributed by atoms with E-state index in [1.54, 1.807) is 0 Å². The number of hydrogen-bond acceptors (Lipinski definition) is 18. The van der Waals surface area contributed by atoms with E-state index in [0.717, 1.165) is 37.7 Å². The Balaban J connectivity index is 0. The number of carbonyl (C=O) groups is 12. The van der Waals surface area contributed by atoms with Gasteiger partial charge >= 0.3 is 41.8 Å². The second kappa shape index (κ2) is 30.0. The Hall–Kier alpha value is -5.14. The van der Waals surface area contributed by atoms with Gasteiger partial charge in [0.05, 0.1) is 44.9 Å². The van der Waals surface area contributed by atoms with Crippen LogP contribution in [-0.4, -0.2) is 158 Å². The Labute approximate surface area is 340 Å². The number of aliphatic carboxylic acids is 5. The van der Waals surface area contributed by atoms with Crippen LogP contribution in [0.25, 0.3) is 0 Å². The van der Waals surface area contributed by atoms with Crippen molar-refractivity contribution in [2.45, 2.75) is 80.9 Å². The van der Waals surface area contributed by atoms with Gasteiger partial charge in [0.25, 0.3) is 0 Å². The maximum absolute atomic E-state index is 12.3. The molecule has 0 aromatic rings. The normalized spacial score (nSPS) is 13.6. The van der Waals surface area contributed by atoms with Gasteiger partial charge in [0.2, 0.25) is 11.8 Å². The molecule has 2 amide bonds. The third-order valence-corrected chi connectivity index (χ3v) is 10.2. The minimum Gasteiger partial charge on any atom is -0.481 e. The molecule has 0 aliphatic carbocycles. The minimum atomic E-state index is -1.32. The summed E-state index contributed by atoms with van der Waals surface area (Å²) in [5.74, 6) is -13.0. The number of amides is 2. The number of ketones is 3. The Morgan fingerprint density at radius 2 is 1.00 bits per heavy atom. The zero-order chi connectivity index (χ0) is 45.1. The van der Waals surface area contributed by atoms with E-state index in [-0.39, 0.29) is 61.6 Å². The molecule has 58 heavy (non-hydrogen) atoms. The Kier molecular flexibility index (Phi) is 28.4. The van der Waals surface area contributed by atoms with Crippen LogP contribution in [-0.2, 0) is 67.0 Å². The molecule has 0 aliphatic heterocycles. The number of esters is 2. The van der Waals surface area contributed by atoms with Gasteiger partial charge in [-0.2, -0.15) is 0 Å². The van der Waals surface area contributed by atoms with Gasteiger partial charge in [-0.1, -0.05) is 0 Å². The van der Waals surface area contributed by atoms with E-state index in [1.807, 2.05) is 0 Å². The number of carboxylic acids is 5. The van der Waals surface area contributed by atoms with Crippen LogP contribution in [0.15, 0.2) is 0 Å². The number of rotatable bonds is 30. The summed E-state index contributed by atoms with van der Waals surface area (Å²) >= 11 is 1.57. The maximum Gasteiger partial charge on any atom is 0.322 e. The molecule has 0 fully saturated rings. The Bertz CT molecular complexity index is 1490. The van der Waals surface area contributed by atoms with Crippen LogP contribution >= 0.6 is 23.5 Å². The lowest BCUT2D eigenvalue weighted by molar-refractivity contribution is -0.145. The summed E-state index contributed by atoms with van der Waals surface area (Å²) in [4.78, 5) is 137. The smallest absolute Gasteiger partial charge is 0.322 e. The summed E-state index contributed by atoms with van der Waals surface area (Å²) in [5, 5.41) is 46.1. The zero-order valence-corrected chi connectivity index (χ0v) is 33.5. The molecule has 328 valence electrons. The van der Waals surface area contributed by atoms with Gasteiger partial charge in [0, 0.05) is 37.2 Å². The van der Waals surface area contributed by atoms with Gasteiger partial charge in [-0.25, -0.2) is 0 Å². The van der Waals surface area contributed by atoms with Gasteiger partial charge in [-0.15, -0.1) is 23.5 Å². The SMILES string of the molecule is COC(=O)C(CC(=O)O)SC[C@H](CC(=O)CC[C@H](N)C(C)=O)C(=O)NCC(=O)O.COC(=O)CC(SC[C@H](CC(=O)CC[C@H](N)C(=O)O)C(=O)NCC(=O)O)C(=O)O. The van der Waals surface area contributed by atoms with E-state index >= 15 is 0 Å². The molecule has 0 aliphatic rings. The number of methoxy groups -OCH3 is 2. The van der Waals surface area contributed by atoms with Gasteiger partial charge in [0.1, 0.15) is 47.0 Å². The zero-order valence-electron chi connectivity index (χ0n) is 31.9. The first-order chi connectivity index (χ1) is 26.9. The van der Waals surface area contributed by atoms with Crippen LogP contribution in [0.2, 0.25) is 0 Å². The first-order valence-electron chi connectivity index (χ1n) is 17.0. The topological polar surface area (TPSA) is 401 Å². The van der Waals surface area contributed by atoms with E-state index in [2.05, 4.69) is 20.1 Å². The van der Waals surface area contributed by atoms with Gasteiger partial charge < -0.3 is 57.1 Å². The molecular formula is C33H50N4O19S2. The van der Waals surface area contributed by atoms with Crippen molar-refractivity contribution < 1.29 is 92.5 Å². The van der Waals surface area contributed by atoms with Crippen molar-refractivity contribution in [2.24, 2.45) is 23.3 Å². The summed E-state index contributed by atoms with van der Waals surface area (Å²) in [5.41, 5.74) is 10.9. The van der Waals surface area contributed by atoms with Crippen LogP contribution < -0.4 is 22.1 Å². The Morgan fingerprint density at radius 3 is 1.34 bits per heavy atom. The second-order valence-electron chi connectivity index (χ2n) is 12.2. The van der Waals surface area contributed by atoms with Crippen LogP contribution in [0.1, 0.15) is 58.3 Å². The van der Waals surface area contributed by atoms with Gasteiger partial charge in [-0.3, -0.25) is 57.5 Å². The van der Waals surface area contributed by atoms with Crippen LogP contribution in [0.4, 0.5) is 0 Å². The summed E-state index contributed by atoms with van der Waals surface area (Å²) in [6.07, 6.45) is -1.95. The molecule has 0 aromatic carbocycles. The summed E-state index contributed by atoms with van der Waals surface area (Å²) in [7, 11) is 2.19. The largest absolute Gasteiger partial charge is 0.481 e. The predicted octanol–water partition coefficient (Wildman–Crippen LogP) is -2.09. The molecule has 6 atom stereocenters. The van der Waals surface area contributed by atoms with E-state index in [4.69, 9.17) is 31.9 Å². The third-order valence-electron chi connectivity index (χ3n) is 7.50. The summed E-state index contributed by atoms with van der Waals surface area (Å²) in [6.45, 7) is -0.0507. The fourth-order valence-electron chi connectivity index (χ4n) is 4.20. The average molecular weight is 871 g/mol. The van der Waals surface area contributed by atoms with Crippen molar-refractivity contribution >= 4 is 94.5 Å². The number of carbonyl (C=O) groups excluding carboxylic acids is 7.